The molecule has 0 saturated heterocycles. The summed E-state index contributed by atoms with van der Waals surface area (Å²) in [5.74, 6) is 0. The Hall–Kier alpha value is 0.134. The molecule has 3 heteroatoms. The first-order valence-electron chi connectivity index (χ1n) is 4.74. The minimum absolute atomic E-state index is 0.845. The maximum Gasteiger partial charge on any atom is 0.170 e. The molecule has 0 rings (SSSR count). The summed E-state index contributed by atoms with van der Waals surface area (Å²) in [6, 6.07) is 1.30. The van der Waals surface area contributed by atoms with Crippen molar-refractivity contribution in [2.45, 2.75) is 45.1 Å². The Morgan fingerprint density at radius 1 is 1.42 bits per heavy atom. The molecule has 0 aromatic heterocycles. The van der Waals surface area contributed by atoms with Crippen LogP contribution in [0.2, 0.25) is 32.2 Å². The lowest BCUT2D eigenvalue weighted by molar-refractivity contribution is 0.570. The summed E-state index contributed by atoms with van der Waals surface area (Å²) in [4.78, 5) is 0. The van der Waals surface area contributed by atoms with E-state index in [1.807, 2.05) is 6.08 Å². The van der Waals surface area contributed by atoms with Crippen LogP contribution in [0.4, 0.5) is 0 Å². The van der Waals surface area contributed by atoms with Crippen molar-refractivity contribution in [2.24, 2.45) is 0 Å². The van der Waals surface area contributed by atoms with Gasteiger partial charge in [0.05, 0.1) is 0 Å². The molecular formula is C9H22OSi2. The zero-order valence-corrected chi connectivity index (χ0v) is 11.0. The highest BCUT2D eigenvalue weighted by molar-refractivity contribution is 6.77. The Bertz CT molecular complexity index is 129. The molecule has 0 bridgehead atoms. The molecule has 12 heavy (non-hydrogen) atoms. The van der Waals surface area contributed by atoms with Crippen LogP contribution in [0.5, 0.6) is 0 Å². The number of hydrogen-bond donors (Lipinski definition) is 0. The highest BCUT2D eigenvalue weighted by Crippen LogP contribution is 2.10. The first-order chi connectivity index (χ1) is 5.45. The van der Waals surface area contributed by atoms with Gasteiger partial charge in [-0.1, -0.05) is 12.5 Å². The van der Waals surface area contributed by atoms with Gasteiger partial charge in [0.1, 0.15) is 0 Å². The smallest absolute Gasteiger partial charge is 0.170 e. The molecule has 0 aromatic rings. The summed E-state index contributed by atoms with van der Waals surface area (Å²) < 4.78 is 6.03. The van der Waals surface area contributed by atoms with Crippen molar-refractivity contribution in [2.75, 3.05) is 0 Å². The topological polar surface area (TPSA) is 9.23 Å². The van der Waals surface area contributed by atoms with Gasteiger partial charge in [-0.15, -0.1) is 6.58 Å². The standard InChI is InChI=1S/C9H22OSi2/c1-6-7-8-9-11(2)10-12(3,4)5/h6,11H,1,7-9H2,2-5H3. The van der Waals surface area contributed by atoms with E-state index in [-0.39, 0.29) is 0 Å². The van der Waals surface area contributed by atoms with Crippen LogP contribution in [0.15, 0.2) is 12.7 Å². The van der Waals surface area contributed by atoms with Gasteiger partial charge in [0, 0.05) is 0 Å². The molecule has 0 aliphatic rings. The molecule has 0 N–H and O–H groups in total. The van der Waals surface area contributed by atoms with Gasteiger partial charge < -0.3 is 4.12 Å². The van der Waals surface area contributed by atoms with Crippen molar-refractivity contribution in [3.63, 3.8) is 0 Å². The molecule has 0 aromatic carbocycles. The molecule has 1 unspecified atom stereocenters. The van der Waals surface area contributed by atoms with Gasteiger partial charge in [0.2, 0.25) is 0 Å². The second-order valence-electron chi connectivity index (χ2n) is 4.26. The molecule has 0 saturated carbocycles. The summed E-state index contributed by atoms with van der Waals surface area (Å²) in [6.07, 6.45) is 4.41. The molecule has 0 aliphatic carbocycles. The van der Waals surface area contributed by atoms with E-state index in [1.165, 1.54) is 12.5 Å². The Morgan fingerprint density at radius 2 is 2.00 bits per heavy atom. The molecule has 1 nitrogen and oxygen atoms in total. The van der Waals surface area contributed by atoms with E-state index in [0.29, 0.717) is 0 Å². The van der Waals surface area contributed by atoms with E-state index in [1.54, 1.807) is 0 Å². The monoisotopic (exact) mass is 202 g/mol. The van der Waals surface area contributed by atoms with Gasteiger partial charge in [-0.2, -0.15) is 0 Å². The number of rotatable bonds is 6. The third-order valence-electron chi connectivity index (χ3n) is 1.57. The lowest BCUT2D eigenvalue weighted by Crippen LogP contribution is -2.32. The van der Waals surface area contributed by atoms with Crippen LogP contribution < -0.4 is 0 Å². The molecule has 1 atom stereocenters. The molecule has 0 radical (unpaired) electrons. The average Bonchev–Trinajstić information content (AvgIpc) is 1.84. The third kappa shape index (κ3) is 8.23. The number of unbranched alkanes of at least 4 members (excludes halogenated alkanes) is 1. The van der Waals surface area contributed by atoms with Crippen molar-refractivity contribution < 1.29 is 4.12 Å². The van der Waals surface area contributed by atoms with Crippen molar-refractivity contribution >= 4 is 17.4 Å². The summed E-state index contributed by atoms with van der Waals surface area (Å²) in [5, 5.41) is 0. The molecule has 0 amide bonds. The van der Waals surface area contributed by atoms with Crippen LogP contribution in [0.25, 0.3) is 0 Å². The normalized spacial score (nSPS) is 14.3. The fourth-order valence-electron chi connectivity index (χ4n) is 1.21. The van der Waals surface area contributed by atoms with Gasteiger partial charge in [-0.3, -0.25) is 0 Å². The maximum absolute atomic E-state index is 6.03. The second kappa shape index (κ2) is 5.72. The van der Waals surface area contributed by atoms with Crippen LogP contribution in [0, 0.1) is 0 Å². The summed E-state index contributed by atoms with van der Waals surface area (Å²) >= 11 is 0. The Balaban J connectivity index is 3.46. The van der Waals surface area contributed by atoms with Gasteiger partial charge in [0.25, 0.3) is 0 Å². The lowest BCUT2D eigenvalue weighted by atomic mass is 10.3. The summed E-state index contributed by atoms with van der Waals surface area (Å²) in [6.45, 7) is 12.8. The fraction of sp³-hybridized carbons (Fsp3) is 0.778. The van der Waals surface area contributed by atoms with Crippen LogP contribution in [-0.4, -0.2) is 17.4 Å². The Morgan fingerprint density at radius 3 is 2.42 bits per heavy atom. The number of allylic oxidation sites excluding steroid dienone is 1. The van der Waals surface area contributed by atoms with E-state index in [9.17, 15) is 0 Å². The van der Waals surface area contributed by atoms with E-state index < -0.39 is 17.4 Å². The lowest BCUT2D eigenvalue weighted by Gasteiger charge is -2.22. The molecule has 0 aliphatic heterocycles. The predicted molar refractivity (Wildman–Crippen MR) is 61.7 cm³/mol. The Labute approximate surface area is 79.7 Å². The molecular weight excluding hydrogens is 180 g/mol. The molecule has 0 heterocycles. The fourth-order valence-corrected chi connectivity index (χ4v) is 7.32. The van der Waals surface area contributed by atoms with Crippen LogP contribution in [0.3, 0.4) is 0 Å². The van der Waals surface area contributed by atoms with Crippen LogP contribution >= 0.6 is 0 Å². The van der Waals surface area contributed by atoms with Crippen LogP contribution in [0.1, 0.15) is 12.8 Å². The van der Waals surface area contributed by atoms with E-state index in [0.717, 1.165) is 6.42 Å². The largest absolute Gasteiger partial charge is 0.458 e. The van der Waals surface area contributed by atoms with Gasteiger partial charge in [-0.05, 0) is 38.7 Å². The zero-order chi connectivity index (χ0) is 9.61. The van der Waals surface area contributed by atoms with Crippen molar-refractivity contribution in [3.05, 3.63) is 12.7 Å². The SMILES string of the molecule is C=CCCC[SiH](C)O[Si](C)(C)C. The zero-order valence-electron chi connectivity index (χ0n) is 8.89. The molecule has 0 spiro atoms. The van der Waals surface area contributed by atoms with Gasteiger partial charge in [0.15, 0.2) is 17.4 Å². The van der Waals surface area contributed by atoms with Gasteiger partial charge >= 0.3 is 0 Å². The van der Waals surface area contributed by atoms with Crippen LogP contribution in [-0.2, 0) is 4.12 Å². The first-order valence-corrected chi connectivity index (χ1v) is 10.6. The van der Waals surface area contributed by atoms with Crippen molar-refractivity contribution in [1.82, 2.24) is 0 Å². The van der Waals surface area contributed by atoms with E-state index >= 15 is 0 Å². The van der Waals surface area contributed by atoms with E-state index in [4.69, 9.17) is 4.12 Å². The van der Waals surface area contributed by atoms with Crippen molar-refractivity contribution in [3.8, 4) is 0 Å². The average molecular weight is 202 g/mol. The highest BCUT2D eigenvalue weighted by atomic mass is 28.4. The third-order valence-corrected chi connectivity index (χ3v) is 7.23. The van der Waals surface area contributed by atoms with E-state index in [2.05, 4.69) is 32.8 Å². The van der Waals surface area contributed by atoms with Crippen molar-refractivity contribution in [1.29, 1.82) is 0 Å². The Kier molecular flexibility index (Phi) is 5.79. The molecule has 0 fully saturated rings. The second-order valence-corrected chi connectivity index (χ2v) is 11.6. The minimum atomic E-state index is -1.24. The summed E-state index contributed by atoms with van der Waals surface area (Å²) in [7, 11) is -2.09. The number of hydrogen-bond acceptors (Lipinski definition) is 1. The molecule has 72 valence electrons. The first kappa shape index (κ1) is 12.1. The summed E-state index contributed by atoms with van der Waals surface area (Å²) in [5.41, 5.74) is 0. The highest BCUT2D eigenvalue weighted by Gasteiger charge is 2.17. The minimum Gasteiger partial charge on any atom is -0.458 e. The quantitative estimate of drug-likeness (QED) is 0.365. The van der Waals surface area contributed by atoms with Gasteiger partial charge in [-0.25, -0.2) is 0 Å². The predicted octanol–water partition coefficient (Wildman–Crippen LogP) is 3.16. The maximum atomic E-state index is 6.03.